The summed E-state index contributed by atoms with van der Waals surface area (Å²) in [6, 6.07) is 0.403. The van der Waals surface area contributed by atoms with E-state index in [4.69, 9.17) is 4.74 Å². The summed E-state index contributed by atoms with van der Waals surface area (Å²) in [7, 11) is 0. The van der Waals surface area contributed by atoms with Gasteiger partial charge in [0.05, 0.1) is 23.4 Å². The Kier molecular flexibility index (Phi) is 4.75. The minimum Gasteiger partial charge on any atom is -0.378 e. The highest BCUT2D eigenvalue weighted by Crippen LogP contribution is 2.23. The molecule has 90 valence electrons. The predicted octanol–water partition coefficient (Wildman–Crippen LogP) is 2.75. The lowest BCUT2D eigenvalue weighted by Gasteiger charge is -2.17. The zero-order valence-electron chi connectivity index (χ0n) is 9.82. The minimum atomic E-state index is 0.403. The molecule has 0 spiro atoms. The highest BCUT2D eigenvalue weighted by molar-refractivity contribution is 7.07. The van der Waals surface area contributed by atoms with Crippen LogP contribution in [0.4, 0.5) is 0 Å². The molecule has 3 nitrogen and oxygen atoms in total. The van der Waals surface area contributed by atoms with Crippen molar-refractivity contribution in [3.8, 4) is 0 Å². The molecule has 1 aliphatic rings. The van der Waals surface area contributed by atoms with Crippen molar-refractivity contribution in [1.29, 1.82) is 0 Å². The van der Waals surface area contributed by atoms with Gasteiger partial charge in [0, 0.05) is 12.0 Å². The summed E-state index contributed by atoms with van der Waals surface area (Å²) < 4.78 is 5.65. The van der Waals surface area contributed by atoms with E-state index < -0.39 is 0 Å². The van der Waals surface area contributed by atoms with E-state index in [2.05, 4.69) is 22.6 Å². The van der Waals surface area contributed by atoms with Crippen LogP contribution in [0.2, 0.25) is 0 Å². The van der Waals surface area contributed by atoms with Gasteiger partial charge in [-0.1, -0.05) is 6.92 Å². The van der Waals surface area contributed by atoms with Crippen molar-refractivity contribution in [2.24, 2.45) is 0 Å². The SMILES string of the molecule is CCNC(CCC1CCCO1)c1cscn1. The third-order valence-electron chi connectivity index (χ3n) is 3.06. The molecular formula is C12H20N2OS. The summed E-state index contributed by atoms with van der Waals surface area (Å²) in [5.74, 6) is 0. The largest absolute Gasteiger partial charge is 0.378 e. The Hall–Kier alpha value is -0.450. The first kappa shape index (κ1) is 12.0. The maximum atomic E-state index is 5.65. The number of aromatic nitrogens is 1. The molecular weight excluding hydrogens is 220 g/mol. The molecule has 2 unspecified atom stereocenters. The molecule has 0 aromatic carbocycles. The normalized spacial score (nSPS) is 22.4. The number of hydrogen-bond acceptors (Lipinski definition) is 4. The summed E-state index contributed by atoms with van der Waals surface area (Å²) in [6.45, 7) is 4.09. The molecule has 1 saturated heterocycles. The summed E-state index contributed by atoms with van der Waals surface area (Å²) in [5, 5.41) is 5.64. The second kappa shape index (κ2) is 6.33. The van der Waals surface area contributed by atoms with Gasteiger partial charge in [0.1, 0.15) is 0 Å². The molecule has 1 aromatic rings. The van der Waals surface area contributed by atoms with Crippen LogP contribution in [0.5, 0.6) is 0 Å². The van der Waals surface area contributed by atoms with Gasteiger partial charge >= 0.3 is 0 Å². The van der Waals surface area contributed by atoms with Gasteiger partial charge < -0.3 is 10.1 Å². The van der Waals surface area contributed by atoms with Gasteiger partial charge in [-0.25, -0.2) is 4.98 Å². The molecule has 16 heavy (non-hydrogen) atoms. The van der Waals surface area contributed by atoms with E-state index >= 15 is 0 Å². The Labute approximate surface area is 101 Å². The quantitative estimate of drug-likeness (QED) is 0.830. The lowest BCUT2D eigenvalue weighted by molar-refractivity contribution is 0.0995. The van der Waals surface area contributed by atoms with Gasteiger partial charge in [-0.2, -0.15) is 0 Å². The second-order valence-corrected chi connectivity index (χ2v) is 4.95. The van der Waals surface area contributed by atoms with Crippen LogP contribution in [-0.2, 0) is 4.74 Å². The van der Waals surface area contributed by atoms with Gasteiger partial charge in [-0.3, -0.25) is 0 Å². The first-order chi connectivity index (χ1) is 7.90. The molecule has 1 N–H and O–H groups in total. The number of ether oxygens (including phenoxy) is 1. The molecule has 2 atom stereocenters. The maximum absolute atomic E-state index is 5.65. The Morgan fingerprint density at radius 3 is 3.25 bits per heavy atom. The number of rotatable bonds is 6. The van der Waals surface area contributed by atoms with Gasteiger partial charge in [-0.05, 0) is 32.2 Å². The van der Waals surface area contributed by atoms with Crippen LogP contribution >= 0.6 is 11.3 Å². The van der Waals surface area contributed by atoms with E-state index in [1.54, 1.807) is 11.3 Å². The molecule has 2 rings (SSSR count). The lowest BCUT2D eigenvalue weighted by Crippen LogP contribution is -2.22. The molecule has 0 aliphatic carbocycles. The monoisotopic (exact) mass is 240 g/mol. The van der Waals surface area contributed by atoms with Gasteiger partial charge in [0.15, 0.2) is 0 Å². The van der Waals surface area contributed by atoms with Crippen LogP contribution in [0.1, 0.15) is 44.3 Å². The highest BCUT2D eigenvalue weighted by atomic mass is 32.1. The molecule has 1 aromatic heterocycles. The van der Waals surface area contributed by atoms with Crippen molar-refractivity contribution in [3.63, 3.8) is 0 Å². The standard InChI is InChI=1S/C12H20N2OS/c1-2-13-11(12-8-16-9-14-12)6-5-10-4-3-7-15-10/h8-11,13H,2-7H2,1H3. The third-order valence-corrected chi connectivity index (χ3v) is 3.66. The first-order valence-corrected chi connectivity index (χ1v) is 7.07. The van der Waals surface area contributed by atoms with Gasteiger partial charge in [0.25, 0.3) is 0 Å². The topological polar surface area (TPSA) is 34.1 Å². The Morgan fingerprint density at radius 1 is 1.69 bits per heavy atom. The van der Waals surface area contributed by atoms with E-state index in [0.29, 0.717) is 12.1 Å². The van der Waals surface area contributed by atoms with Gasteiger partial charge in [-0.15, -0.1) is 11.3 Å². The van der Waals surface area contributed by atoms with E-state index in [0.717, 1.165) is 26.0 Å². The molecule has 1 aliphatic heterocycles. The van der Waals surface area contributed by atoms with Crippen LogP contribution in [0.25, 0.3) is 0 Å². The van der Waals surface area contributed by atoms with Crippen LogP contribution in [0.3, 0.4) is 0 Å². The fourth-order valence-electron chi connectivity index (χ4n) is 2.22. The Balaban J connectivity index is 1.82. The molecule has 1 fully saturated rings. The summed E-state index contributed by atoms with van der Waals surface area (Å²) >= 11 is 1.67. The molecule has 4 heteroatoms. The fraction of sp³-hybridized carbons (Fsp3) is 0.750. The molecule has 0 amide bonds. The molecule has 0 saturated carbocycles. The van der Waals surface area contributed by atoms with Crippen LogP contribution in [0.15, 0.2) is 10.9 Å². The average Bonchev–Trinajstić information content (AvgIpc) is 2.96. The first-order valence-electron chi connectivity index (χ1n) is 6.13. The lowest BCUT2D eigenvalue weighted by atomic mass is 10.0. The predicted molar refractivity (Wildman–Crippen MR) is 66.7 cm³/mol. The van der Waals surface area contributed by atoms with E-state index in [-0.39, 0.29) is 0 Å². The number of hydrogen-bond donors (Lipinski definition) is 1. The van der Waals surface area contributed by atoms with Gasteiger partial charge in [0.2, 0.25) is 0 Å². The third kappa shape index (κ3) is 3.27. The molecule has 0 radical (unpaired) electrons. The van der Waals surface area contributed by atoms with E-state index in [1.165, 1.54) is 18.5 Å². The zero-order valence-corrected chi connectivity index (χ0v) is 10.6. The number of nitrogens with zero attached hydrogens (tertiary/aromatic N) is 1. The maximum Gasteiger partial charge on any atom is 0.0795 e. The van der Waals surface area contributed by atoms with Crippen molar-refractivity contribution in [1.82, 2.24) is 10.3 Å². The van der Waals surface area contributed by atoms with Crippen molar-refractivity contribution in [2.45, 2.75) is 44.8 Å². The number of nitrogens with one attached hydrogen (secondary N) is 1. The van der Waals surface area contributed by atoms with Crippen molar-refractivity contribution < 1.29 is 4.74 Å². The van der Waals surface area contributed by atoms with Crippen molar-refractivity contribution in [2.75, 3.05) is 13.2 Å². The molecule has 0 bridgehead atoms. The van der Waals surface area contributed by atoms with Crippen molar-refractivity contribution >= 4 is 11.3 Å². The fourth-order valence-corrected chi connectivity index (χ4v) is 2.83. The number of thiazole rings is 1. The summed E-state index contributed by atoms with van der Waals surface area (Å²) in [4.78, 5) is 4.40. The molecule has 2 heterocycles. The summed E-state index contributed by atoms with van der Waals surface area (Å²) in [6.07, 6.45) is 5.22. The average molecular weight is 240 g/mol. The minimum absolute atomic E-state index is 0.403. The van der Waals surface area contributed by atoms with Crippen LogP contribution in [0, 0.1) is 0 Å². The Morgan fingerprint density at radius 2 is 2.62 bits per heavy atom. The summed E-state index contributed by atoms with van der Waals surface area (Å²) in [5.41, 5.74) is 3.09. The smallest absolute Gasteiger partial charge is 0.0795 e. The van der Waals surface area contributed by atoms with E-state index in [9.17, 15) is 0 Å². The Bertz CT molecular complexity index is 283. The van der Waals surface area contributed by atoms with Crippen LogP contribution < -0.4 is 5.32 Å². The van der Waals surface area contributed by atoms with E-state index in [1.807, 2.05) is 5.51 Å². The van der Waals surface area contributed by atoms with Crippen molar-refractivity contribution in [3.05, 3.63) is 16.6 Å². The highest BCUT2D eigenvalue weighted by Gasteiger charge is 2.19. The second-order valence-electron chi connectivity index (χ2n) is 4.24. The van der Waals surface area contributed by atoms with Crippen LogP contribution in [-0.4, -0.2) is 24.2 Å². The zero-order chi connectivity index (χ0) is 11.2.